The molecule has 140 valence electrons. The number of hydrogen-bond donors (Lipinski definition) is 1. The van der Waals surface area contributed by atoms with Crippen LogP contribution in [0.25, 0.3) is 10.8 Å². The number of carbonyl (C=O) groups excluding carboxylic acids is 1. The fraction of sp³-hybridized carbons (Fsp3) is 0.190. The van der Waals surface area contributed by atoms with Gasteiger partial charge in [0.2, 0.25) is 0 Å². The average molecular weight is 420 g/mol. The first kappa shape index (κ1) is 19.9. The van der Waals surface area contributed by atoms with E-state index in [0.717, 1.165) is 22.1 Å². The Kier molecular flexibility index (Phi) is 7.27. The van der Waals surface area contributed by atoms with E-state index in [9.17, 15) is 4.79 Å². The Balaban J connectivity index is 1.37. The van der Waals surface area contributed by atoms with Crippen molar-refractivity contribution in [1.82, 2.24) is 5.32 Å². The highest BCUT2D eigenvalue weighted by Gasteiger charge is 2.06. The Bertz CT molecular complexity index is 913. The predicted octanol–water partition coefficient (Wildman–Crippen LogP) is 5.58. The summed E-state index contributed by atoms with van der Waals surface area (Å²) in [5, 5.41) is 6.42. The molecule has 3 aromatic carbocycles. The van der Waals surface area contributed by atoms with E-state index in [1.807, 2.05) is 60.7 Å². The summed E-state index contributed by atoms with van der Waals surface area (Å²) in [5.41, 5.74) is 0.928. The third kappa shape index (κ3) is 5.80. The summed E-state index contributed by atoms with van der Waals surface area (Å²) in [5.74, 6) is 2.02. The molecule has 0 aliphatic rings. The number of nitrogens with one attached hydrogen (secondary N) is 1. The molecule has 3 nitrogen and oxygen atoms in total. The van der Waals surface area contributed by atoms with Crippen LogP contribution in [0, 0.1) is 0 Å². The van der Waals surface area contributed by atoms with E-state index in [-0.39, 0.29) is 12.5 Å². The minimum absolute atomic E-state index is 0.000646. The molecule has 0 aromatic heterocycles. The highest BCUT2D eigenvalue weighted by molar-refractivity contribution is 7.98. The Morgan fingerprint density at radius 1 is 0.963 bits per heavy atom. The maximum atomic E-state index is 11.9. The maximum Gasteiger partial charge on any atom is 0.257 e. The summed E-state index contributed by atoms with van der Waals surface area (Å²) in [7, 11) is 0. The van der Waals surface area contributed by atoms with E-state index in [0.29, 0.717) is 28.1 Å². The largest absolute Gasteiger partial charge is 0.484 e. The average Bonchev–Trinajstić information content (AvgIpc) is 2.68. The van der Waals surface area contributed by atoms with Crippen molar-refractivity contribution in [2.24, 2.45) is 0 Å². The van der Waals surface area contributed by atoms with Crippen LogP contribution in [-0.2, 0) is 10.5 Å². The smallest absolute Gasteiger partial charge is 0.257 e. The van der Waals surface area contributed by atoms with Gasteiger partial charge < -0.3 is 10.1 Å². The molecule has 0 saturated heterocycles. The van der Waals surface area contributed by atoms with Gasteiger partial charge in [-0.25, -0.2) is 0 Å². The van der Waals surface area contributed by atoms with Crippen LogP contribution >= 0.6 is 35.0 Å². The van der Waals surface area contributed by atoms with Crippen LogP contribution < -0.4 is 10.1 Å². The number of fused-ring (bicyclic) bond motifs is 1. The van der Waals surface area contributed by atoms with Crippen LogP contribution in [0.4, 0.5) is 0 Å². The van der Waals surface area contributed by atoms with Gasteiger partial charge in [0.1, 0.15) is 5.75 Å². The normalized spacial score (nSPS) is 10.7. The molecule has 1 amide bonds. The number of hydrogen-bond acceptors (Lipinski definition) is 3. The van der Waals surface area contributed by atoms with Crippen LogP contribution in [0.15, 0.2) is 60.7 Å². The monoisotopic (exact) mass is 419 g/mol. The maximum absolute atomic E-state index is 11.9. The molecule has 1 N–H and O–H groups in total. The van der Waals surface area contributed by atoms with Crippen LogP contribution in [0.1, 0.15) is 5.56 Å². The second-order valence-electron chi connectivity index (χ2n) is 5.90. The van der Waals surface area contributed by atoms with Crippen molar-refractivity contribution in [1.29, 1.82) is 0 Å². The summed E-state index contributed by atoms with van der Waals surface area (Å²) < 4.78 is 5.58. The number of ether oxygens (including phenoxy) is 1. The molecule has 3 rings (SSSR count). The SMILES string of the molecule is O=C(COc1ccc2ccccc2c1)NCCSCc1c(Cl)cccc1Cl. The summed E-state index contributed by atoms with van der Waals surface area (Å²) >= 11 is 14.0. The van der Waals surface area contributed by atoms with Crippen molar-refractivity contribution in [2.45, 2.75) is 5.75 Å². The van der Waals surface area contributed by atoms with Gasteiger partial charge in [-0.05, 0) is 40.6 Å². The van der Waals surface area contributed by atoms with E-state index in [1.54, 1.807) is 11.8 Å². The van der Waals surface area contributed by atoms with E-state index in [1.165, 1.54) is 0 Å². The number of amides is 1. The number of carbonyl (C=O) groups is 1. The molecule has 0 unspecified atom stereocenters. The van der Waals surface area contributed by atoms with Gasteiger partial charge in [0.25, 0.3) is 5.91 Å². The molecule has 6 heteroatoms. The Labute approximate surface area is 173 Å². The molecule has 0 aliphatic heterocycles. The number of benzene rings is 3. The Hall–Kier alpha value is -1.88. The molecule has 0 atom stereocenters. The Morgan fingerprint density at radius 2 is 1.70 bits per heavy atom. The zero-order valence-electron chi connectivity index (χ0n) is 14.6. The molecule has 0 bridgehead atoms. The Morgan fingerprint density at radius 3 is 2.48 bits per heavy atom. The van der Waals surface area contributed by atoms with Crippen LogP contribution in [0.5, 0.6) is 5.75 Å². The van der Waals surface area contributed by atoms with Gasteiger partial charge in [0.05, 0.1) is 0 Å². The minimum Gasteiger partial charge on any atom is -0.484 e. The van der Waals surface area contributed by atoms with Gasteiger partial charge in [-0.1, -0.05) is 59.6 Å². The van der Waals surface area contributed by atoms with Gasteiger partial charge in [-0.15, -0.1) is 0 Å². The van der Waals surface area contributed by atoms with E-state index in [4.69, 9.17) is 27.9 Å². The second kappa shape index (κ2) is 9.88. The molecule has 0 aliphatic carbocycles. The summed E-state index contributed by atoms with van der Waals surface area (Å²) in [4.78, 5) is 11.9. The zero-order valence-corrected chi connectivity index (χ0v) is 16.9. The molecular formula is C21H19Cl2NO2S. The third-order valence-corrected chi connectivity index (χ3v) is 5.66. The number of halogens is 2. The molecule has 0 heterocycles. The lowest BCUT2D eigenvalue weighted by molar-refractivity contribution is -0.122. The molecule has 3 aromatic rings. The van der Waals surface area contributed by atoms with E-state index in [2.05, 4.69) is 5.32 Å². The number of thioether (sulfide) groups is 1. The quantitative estimate of drug-likeness (QED) is 0.484. The van der Waals surface area contributed by atoms with Crippen molar-refractivity contribution in [3.63, 3.8) is 0 Å². The predicted molar refractivity (Wildman–Crippen MR) is 115 cm³/mol. The lowest BCUT2D eigenvalue weighted by Crippen LogP contribution is -2.30. The molecular weight excluding hydrogens is 401 g/mol. The van der Waals surface area contributed by atoms with Crippen molar-refractivity contribution < 1.29 is 9.53 Å². The molecule has 27 heavy (non-hydrogen) atoms. The highest BCUT2D eigenvalue weighted by Crippen LogP contribution is 2.28. The minimum atomic E-state index is -0.139. The first-order valence-corrected chi connectivity index (χ1v) is 10.4. The molecule has 0 spiro atoms. The number of rotatable bonds is 8. The fourth-order valence-electron chi connectivity index (χ4n) is 2.56. The summed E-state index contributed by atoms with van der Waals surface area (Å²) in [6, 6.07) is 19.3. The molecule has 0 saturated carbocycles. The lowest BCUT2D eigenvalue weighted by Gasteiger charge is -2.09. The first-order chi connectivity index (χ1) is 13.1. The third-order valence-electron chi connectivity index (χ3n) is 3.97. The van der Waals surface area contributed by atoms with Gasteiger partial charge in [-0.2, -0.15) is 11.8 Å². The summed E-state index contributed by atoms with van der Waals surface area (Å²) in [6.45, 7) is 0.562. The van der Waals surface area contributed by atoms with Crippen LogP contribution in [0.2, 0.25) is 10.0 Å². The van der Waals surface area contributed by atoms with Crippen molar-refractivity contribution >= 4 is 51.6 Å². The molecule has 0 radical (unpaired) electrons. The summed E-state index contributed by atoms with van der Waals surface area (Å²) in [6.07, 6.45) is 0. The zero-order chi connectivity index (χ0) is 19.1. The van der Waals surface area contributed by atoms with Crippen LogP contribution in [-0.4, -0.2) is 24.8 Å². The van der Waals surface area contributed by atoms with Gasteiger partial charge in [-0.3, -0.25) is 4.79 Å². The standard InChI is InChI=1S/C21H19Cl2NO2S/c22-19-6-3-7-20(23)18(19)14-27-11-10-24-21(25)13-26-17-9-8-15-4-1-2-5-16(15)12-17/h1-9,12H,10-11,13-14H2,(H,24,25). The van der Waals surface area contributed by atoms with Crippen molar-refractivity contribution in [3.05, 3.63) is 76.3 Å². The second-order valence-corrected chi connectivity index (χ2v) is 7.82. The van der Waals surface area contributed by atoms with Crippen molar-refractivity contribution in [2.75, 3.05) is 18.9 Å². The first-order valence-electron chi connectivity index (χ1n) is 8.52. The van der Waals surface area contributed by atoms with Crippen molar-refractivity contribution in [3.8, 4) is 5.75 Å². The lowest BCUT2D eigenvalue weighted by atomic mass is 10.1. The fourth-order valence-corrected chi connectivity index (χ4v) is 4.16. The van der Waals surface area contributed by atoms with E-state index < -0.39 is 0 Å². The van der Waals surface area contributed by atoms with Gasteiger partial charge >= 0.3 is 0 Å². The topological polar surface area (TPSA) is 38.3 Å². The van der Waals surface area contributed by atoms with Crippen LogP contribution in [0.3, 0.4) is 0 Å². The van der Waals surface area contributed by atoms with E-state index >= 15 is 0 Å². The van der Waals surface area contributed by atoms with Gasteiger partial charge in [0.15, 0.2) is 6.61 Å². The van der Waals surface area contributed by atoms with Gasteiger partial charge in [0, 0.05) is 28.1 Å². The molecule has 0 fully saturated rings. The highest BCUT2D eigenvalue weighted by atomic mass is 35.5.